The summed E-state index contributed by atoms with van der Waals surface area (Å²) in [6.07, 6.45) is 27.6. The number of hydrogen-bond acceptors (Lipinski definition) is 3. The summed E-state index contributed by atoms with van der Waals surface area (Å²) in [7, 11) is -4.64. The third-order valence-electron chi connectivity index (χ3n) is 5.46. The number of allylic oxidation sites excluding steroid dienone is 2. The van der Waals surface area contributed by atoms with Crippen LogP contribution >= 0.6 is 7.82 Å². The van der Waals surface area contributed by atoms with Gasteiger partial charge in [-0.2, -0.15) is 0 Å². The van der Waals surface area contributed by atoms with Crippen molar-refractivity contribution in [1.29, 1.82) is 0 Å². The van der Waals surface area contributed by atoms with Gasteiger partial charge in [0, 0.05) is 0 Å². The first-order chi connectivity index (χ1) is 16.1. The molecule has 8 heteroatoms. The molecule has 0 rings (SSSR count). The lowest BCUT2D eigenvalue weighted by Crippen LogP contribution is -2.11. The van der Waals surface area contributed by atoms with Gasteiger partial charge >= 0.3 is 13.8 Å². The maximum absolute atomic E-state index is 10.4. The Kier molecular flexibility index (Phi) is 33.7. The summed E-state index contributed by atoms with van der Waals surface area (Å²) in [5.41, 5.74) is 5.47. The summed E-state index contributed by atoms with van der Waals surface area (Å²) in [5, 5.41) is 8.60. The molecule has 0 saturated carbocycles. The third-order valence-corrected chi connectivity index (χ3v) is 5.46. The van der Waals surface area contributed by atoms with E-state index < -0.39 is 13.8 Å². The molecule has 0 radical (unpaired) electrons. The molecule has 0 aliphatic carbocycles. The summed E-state index contributed by atoms with van der Waals surface area (Å²) < 4.78 is 8.88. The second-order valence-electron chi connectivity index (χ2n) is 8.83. The Morgan fingerprint density at radius 3 is 1.47 bits per heavy atom. The Hall–Kier alpha value is -0.720. The number of rotatable bonds is 20. The summed E-state index contributed by atoms with van der Waals surface area (Å²) in [5.74, 6) is -0.754. The van der Waals surface area contributed by atoms with Crippen LogP contribution in [0.25, 0.3) is 0 Å². The van der Waals surface area contributed by atoms with Crippen molar-refractivity contribution in [3.05, 3.63) is 12.2 Å². The van der Waals surface area contributed by atoms with Crippen molar-refractivity contribution in [3.8, 4) is 0 Å². The highest BCUT2D eigenvalue weighted by atomic mass is 31.2. The van der Waals surface area contributed by atoms with Gasteiger partial charge in [0.1, 0.15) is 0 Å². The summed E-state index contributed by atoms with van der Waals surface area (Å²) >= 11 is 0. The van der Waals surface area contributed by atoms with Crippen LogP contribution in [0.15, 0.2) is 12.2 Å². The highest BCUT2D eigenvalue weighted by molar-refractivity contribution is 7.45. The molecule has 1 atom stereocenters. The van der Waals surface area contributed by atoms with Crippen molar-refractivity contribution >= 4 is 13.8 Å². The van der Waals surface area contributed by atoms with E-state index >= 15 is 0 Å². The molecule has 0 fully saturated rings. The normalized spacial score (nSPS) is 12.0. The molecular formula is C26H56NO6P. The number of aliphatic carboxylic acids is 1. The molecule has 0 bridgehead atoms. The van der Waals surface area contributed by atoms with Crippen LogP contribution < -0.4 is 5.73 Å². The van der Waals surface area contributed by atoms with E-state index in [1.54, 1.807) is 0 Å². The topological polar surface area (TPSA) is 141 Å². The van der Waals surface area contributed by atoms with E-state index in [9.17, 15) is 4.79 Å². The quantitative estimate of drug-likeness (QED) is 0.0656. The Morgan fingerprint density at radius 2 is 1.12 bits per heavy atom. The monoisotopic (exact) mass is 509 g/mol. The predicted octanol–water partition coefficient (Wildman–Crippen LogP) is 7.34. The number of carboxylic acid groups (broad SMARTS) is 1. The van der Waals surface area contributed by atoms with Gasteiger partial charge in [-0.15, -0.1) is 0 Å². The smallest absolute Gasteiger partial charge is 0.466 e. The van der Waals surface area contributed by atoms with Gasteiger partial charge in [0.25, 0.3) is 0 Å². The molecule has 0 aromatic heterocycles. The molecule has 206 valence electrons. The Balaban J connectivity index is -0.000000531. The van der Waals surface area contributed by atoms with E-state index in [2.05, 4.69) is 26.0 Å². The first kappa shape index (κ1) is 37.8. The lowest BCUT2D eigenvalue weighted by atomic mass is 10.00. The molecule has 0 amide bonds. The molecule has 0 aromatic carbocycles. The van der Waals surface area contributed by atoms with Crippen molar-refractivity contribution in [1.82, 2.24) is 0 Å². The molecule has 0 aliphatic heterocycles. The molecule has 0 spiro atoms. The van der Waals surface area contributed by atoms with Gasteiger partial charge in [-0.25, -0.2) is 4.57 Å². The van der Waals surface area contributed by atoms with E-state index in [4.69, 9.17) is 30.1 Å². The van der Waals surface area contributed by atoms with E-state index in [0.29, 0.717) is 0 Å². The SMILES string of the molecule is CCCCC(CC)C(=O)O.CCCCCCCC/C=C\CCCCCCCCN.O=P(O)(O)O. The lowest BCUT2D eigenvalue weighted by molar-refractivity contribution is -0.142. The minimum Gasteiger partial charge on any atom is -0.481 e. The van der Waals surface area contributed by atoms with Gasteiger partial charge in [0.05, 0.1) is 5.92 Å². The second-order valence-corrected chi connectivity index (χ2v) is 9.85. The zero-order valence-electron chi connectivity index (χ0n) is 22.3. The van der Waals surface area contributed by atoms with E-state index in [-0.39, 0.29) is 5.92 Å². The Morgan fingerprint density at radius 1 is 0.735 bits per heavy atom. The van der Waals surface area contributed by atoms with Crippen molar-refractivity contribution < 1.29 is 29.1 Å². The minimum absolute atomic E-state index is 0.111. The number of carbonyl (C=O) groups is 1. The van der Waals surface area contributed by atoms with Crippen LogP contribution in [0.1, 0.15) is 136 Å². The van der Waals surface area contributed by atoms with Gasteiger partial charge < -0.3 is 25.5 Å². The van der Waals surface area contributed by atoms with E-state index in [0.717, 1.165) is 32.2 Å². The molecule has 6 N–H and O–H groups in total. The molecule has 34 heavy (non-hydrogen) atoms. The molecule has 7 nitrogen and oxygen atoms in total. The number of hydrogen-bond donors (Lipinski definition) is 5. The molecule has 0 aliphatic rings. The van der Waals surface area contributed by atoms with Crippen LogP contribution in [0.4, 0.5) is 0 Å². The second kappa shape index (κ2) is 30.3. The first-order valence-corrected chi connectivity index (χ1v) is 15.1. The van der Waals surface area contributed by atoms with Crippen LogP contribution in [-0.2, 0) is 9.36 Å². The van der Waals surface area contributed by atoms with Gasteiger partial charge in [-0.3, -0.25) is 4.79 Å². The minimum atomic E-state index is -4.64. The molecular weight excluding hydrogens is 453 g/mol. The molecule has 0 aromatic rings. The lowest BCUT2D eigenvalue weighted by Gasteiger charge is -2.06. The van der Waals surface area contributed by atoms with Crippen LogP contribution in [0, 0.1) is 5.92 Å². The van der Waals surface area contributed by atoms with Crippen molar-refractivity contribution in [2.75, 3.05) is 6.54 Å². The fourth-order valence-electron chi connectivity index (χ4n) is 3.34. The maximum Gasteiger partial charge on any atom is 0.466 e. The third kappa shape index (κ3) is 44.9. The van der Waals surface area contributed by atoms with Crippen LogP contribution in [-0.4, -0.2) is 32.3 Å². The molecule has 0 saturated heterocycles. The number of nitrogens with two attached hydrogens (primary N) is 1. The Bertz CT molecular complexity index is 474. The van der Waals surface area contributed by atoms with Gasteiger partial charge in [-0.05, 0) is 51.5 Å². The predicted molar refractivity (Wildman–Crippen MR) is 144 cm³/mol. The van der Waals surface area contributed by atoms with Crippen LogP contribution in [0.5, 0.6) is 0 Å². The average Bonchev–Trinajstić information content (AvgIpc) is 2.76. The number of carboxylic acids is 1. The zero-order chi connectivity index (χ0) is 26.5. The van der Waals surface area contributed by atoms with Gasteiger partial charge in [0.2, 0.25) is 0 Å². The average molecular weight is 510 g/mol. The highest BCUT2D eigenvalue weighted by Gasteiger charge is 2.12. The van der Waals surface area contributed by atoms with E-state index in [1.165, 1.54) is 89.9 Å². The zero-order valence-corrected chi connectivity index (χ0v) is 23.2. The molecule has 1 unspecified atom stereocenters. The summed E-state index contributed by atoms with van der Waals surface area (Å²) in [4.78, 5) is 32.0. The van der Waals surface area contributed by atoms with Gasteiger partial charge in [0.15, 0.2) is 0 Å². The highest BCUT2D eigenvalue weighted by Crippen LogP contribution is 2.25. The van der Waals surface area contributed by atoms with Crippen molar-refractivity contribution in [3.63, 3.8) is 0 Å². The van der Waals surface area contributed by atoms with Gasteiger partial charge in [-0.1, -0.05) is 104 Å². The summed E-state index contributed by atoms with van der Waals surface area (Å²) in [6, 6.07) is 0. The molecule has 0 heterocycles. The summed E-state index contributed by atoms with van der Waals surface area (Å²) in [6.45, 7) is 7.14. The van der Waals surface area contributed by atoms with Crippen molar-refractivity contribution in [2.24, 2.45) is 11.7 Å². The Labute approximate surface area is 209 Å². The van der Waals surface area contributed by atoms with Crippen LogP contribution in [0.2, 0.25) is 0 Å². The standard InChI is InChI=1S/C18H37N.C8H16O2.H3O4P/c1-2-3-4-5-6-7-8-9-10-11-12-13-14-15-16-17-18-19;1-3-5-6-7(4-2)8(9)10;1-5(2,3)4/h9-10H,2-8,11-19H2,1H3;7H,3-6H2,1-2H3,(H,9,10);(H3,1,2,3,4)/b10-9-;;. The largest absolute Gasteiger partial charge is 0.481 e. The maximum atomic E-state index is 10.4. The first-order valence-electron chi connectivity index (χ1n) is 13.5. The number of phosphoric acid groups is 1. The fraction of sp³-hybridized carbons (Fsp3) is 0.885. The van der Waals surface area contributed by atoms with E-state index in [1.807, 2.05) is 6.92 Å². The number of unbranched alkanes of at least 4 members (excludes halogenated alkanes) is 13. The van der Waals surface area contributed by atoms with Crippen LogP contribution in [0.3, 0.4) is 0 Å². The van der Waals surface area contributed by atoms with Crippen molar-refractivity contribution in [2.45, 2.75) is 136 Å². The fourth-order valence-corrected chi connectivity index (χ4v) is 3.34.